The fourth-order valence-electron chi connectivity index (χ4n) is 2.97. The van der Waals surface area contributed by atoms with Gasteiger partial charge in [-0.25, -0.2) is 4.68 Å². The number of aromatic nitrogens is 2. The molecule has 0 atom stereocenters. The minimum absolute atomic E-state index is 0.255. The summed E-state index contributed by atoms with van der Waals surface area (Å²) < 4.78 is 2.35. The number of fused-ring (bicyclic) bond motifs is 3. The maximum absolute atomic E-state index is 11.8. The highest BCUT2D eigenvalue weighted by atomic mass is 35.5. The minimum Gasteiger partial charge on any atom is -0.274 e. The smallest absolute Gasteiger partial charge is 0.273 e. The van der Waals surface area contributed by atoms with Gasteiger partial charge >= 0.3 is 0 Å². The van der Waals surface area contributed by atoms with Gasteiger partial charge in [-0.1, -0.05) is 34.8 Å². The summed E-state index contributed by atoms with van der Waals surface area (Å²) in [5, 5.41) is 4.81. The van der Waals surface area contributed by atoms with E-state index in [-0.39, 0.29) is 5.69 Å². The van der Waals surface area contributed by atoms with Crippen molar-refractivity contribution in [2.24, 2.45) is 0 Å². The highest BCUT2D eigenvalue weighted by Gasteiger charge is 2.30. The molecule has 0 saturated heterocycles. The van der Waals surface area contributed by atoms with Gasteiger partial charge in [0.25, 0.3) is 5.24 Å². The first-order valence-corrected chi connectivity index (χ1v) is 9.34. The SMILES string of the molecule is O=C(Cl)c1nn(-c2ccc(Cl)cc2Cl)c2c1CCc1sc(Cl)cc1-2. The molecule has 4 rings (SSSR count). The van der Waals surface area contributed by atoms with E-state index < -0.39 is 5.24 Å². The van der Waals surface area contributed by atoms with Gasteiger partial charge in [0.05, 0.1) is 20.7 Å². The summed E-state index contributed by atoms with van der Waals surface area (Å²) in [5.74, 6) is 0. The van der Waals surface area contributed by atoms with Crippen LogP contribution in [0.1, 0.15) is 20.9 Å². The van der Waals surface area contributed by atoms with Crippen molar-refractivity contribution in [3.8, 4) is 16.9 Å². The molecule has 0 bridgehead atoms. The highest BCUT2D eigenvalue weighted by molar-refractivity contribution is 7.16. The lowest BCUT2D eigenvalue weighted by molar-refractivity contribution is 0.107. The predicted octanol–water partition coefficient (Wildman–Crippen LogP) is 6.04. The van der Waals surface area contributed by atoms with Gasteiger partial charge < -0.3 is 0 Å². The molecule has 0 unspecified atom stereocenters. The van der Waals surface area contributed by atoms with Gasteiger partial charge in [0.2, 0.25) is 0 Å². The molecule has 0 fully saturated rings. The van der Waals surface area contributed by atoms with Crippen LogP contribution in [0.15, 0.2) is 24.3 Å². The number of carbonyl (C=O) groups is 1. The van der Waals surface area contributed by atoms with Crippen molar-refractivity contribution < 1.29 is 4.79 Å². The van der Waals surface area contributed by atoms with Crippen molar-refractivity contribution in [1.29, 1.82) is 0 Å². The Morgan fingerprint density at radius 3 is 2.67 bits per heavy atom. The topological polar surface area (TPSA) is 34.9 Å². The molecule has 2 aromatic heterocycles. The molecule has 0 N–H and O–H groups in total. The van der Waals surface area contributed by atoms with Gasteiger partial charge in [-0.05, 0) is 48.7 Å². The number of thiophene rings is 1. The van der Waals surface area contributed by atoms with Gasteiger partial charge in [-0.3, -0.25) is 4.79 Å². The summed E-state index contributed by atoms with van der Waals surface area (Å²) in [6, 6.07) is 7.02. The van der Waals surface area contributed by atoms with Gasteiger partial charge in [0.1, 0.15) is 5.69 Å². The molecule has 2 heterocycles. The number of rotatable bonds is 2. The molecule has 0 radical (unpaired) electrons. The van der Waals surface area contributed by atoms with Crippen LogP contribution in [0.5, 0.6) is 0 Å². The van der Waals surface area contributed by atoms with Crippen LogP contribution < -0.4 is 0 Å². The Balaban J connectivity index is 2.04. The van der Waals surface area contributed by atoms with Crippen LogP contribution in [0.3, 0.4) is 0 Å². The Morgan fingerprint density at radius 2 is 1.96 bits per heavy atom. The fraction of sp³-hybridized carbons (Fsp3) is 0.125. The molecule has 0 spiro atoms. The van der Waals surface area contributed by atoms with Crippen LogP contribution in [0.25, 0.3) is 16.9 Å². The van der Waals surface area contributed by atoms with E-state index in [1.807, 2.05) is 6.07 Å². The molecular formula is C16H8Cl4N2OS. The van der Waals surface area contributed by atoms with Crippen molar-refractivity contribution in [2.45, 2.75) is 12.8 Å². The largest absolute Gasteiger partial charge is 0.274 e. The maximum atomic E-state index is 11.8. The third kappa shape index (κ3) is 2.57. The van der Waals surface area contributed by atoms with Crippen LogP contribution in [-0.4, -0.2) is 15.0 Å². The number of halogens is 4. The molecule has 1 aliphatic rings. The lowest BCUT2D eigenvalue weighted by atomic mass is 9.95. The van der Waals surface area contributed by atoms with Crippen molar-refractivity contribution >= 4 is 63.0 Å². The number of benzene rings is 1. The highest BCUT2D eigenvalue weighted by Crippen LogP contribution is 2.43. The Hall–Kier alpha value is -1.04. The average Bonchev–Trinajstić information content (AvgIpc) is 3.06. The Kier molecular flexibility index (Phi) is 4.14. The maximum Gasteiger partial charge on any atom is 0.273 e. The number of aryl methyl sites for hydroxylation is 1. The minimum atomic E-state index is -0.583. The summed E-state index contributed by atoms with van der Waals surface area (Å²) in [6.07, 6.45) is 1.48. The third-order valence-electron chi connectivity index (χ3n) is 3.94. The Labute approximate surface area is 161 Å². The molecule has 3 nitrogen and oxygen atoms in total. The van der Waals surface area contributed by atoms with E-state index in [9.17, 15) is 4.79 Å². The van der Waals surface area contributed by atoms with Crippen LogP contribution in [0.4, 0.5) is 0 Å². The van der Waals surface area contributed by atoms with E-state index in [0.717, 1.165) is 28.1 Å². The van der Waals surface area contributed by atoms with Gasteiger partial charge in [0.15, 0.2) is 0 Å². The van der Waals surface area contributed by atoms with Gasteiger partial charge in [-0.2, -0.15) is 5.10 Å². The van der Waals surface area contributed by atoms with Crippen LogP contribution in [0.2, 0.25) is 14.4 Å². The molecule has 1 aromatic carbocycles. The quantitative estimate of drug-likeness (QED) is 0.476. The normalized spacial score (nSPS) is 12.8. The number of hydrogen-bond donors (Lipinski definition) is 0. The van der Waals surface area contributed by atoms with Gasteiger partial charge in [0, 0.05) is 21.0 Å². The van der Waals surface area contributed by atoms with Crippen LogP contribution in [-0.2, 0) is 12.8 Å². The predicted molar refractivity (Wildman–Crippen MR) is 99.5 cm³/mol. The zero-order valence-corrected chi connectivity index (χ0v) is 15.8. The number of carbonyl (C=O) groups excluding carboxylic acids is 1. The van der Waals surface area contributed by atoms with Crippen molar-refractivity contribution in [3.63, 3.8) is 0 Å². The van der Waals surface area contributed by atoms with E-state index in [1.54, 1.807) is 22.9 Å². The van der Waals surface area contributed by atoms with E-state index in [1.165, 1.54) is 11.3 Å². The molecule has 3 aromatic rings. The zero-order chi connectivity index (χ0) is 17.0. The second-order valence-corrected chi connectivity index (χ2v) is 8.30. The Bertz CT molecular complexity index is 992. The summed E-state index contributed by atoms with van der Waals surface area (Å²) in [6.45, 7) is 0. The van der Waals surface area contributed by atoms with Crippen molar-refractivity contribution in [3.05, 3.63) is 54.8 Å². The third-order valence-corrected chi connectivity index (χ3v) is 5.98. The summed E-state index contributed by atoms with van der Waals surface area (Å²) in [7, 11) is 0. The lowest BCUT2D eigenvalue weighted by Gasteiger charge is -2.15. The molecule has 24 heavy (non-hydrogen) atoms. The van der Waals surface area contributed by atoms with E-state index in [0.29, 0.717) is 26.5 Å². The lowest BCUT2D eigenvalue weighted by Crippen LogP contribution is -2.05. The number of nitrogens with zero attached hydrogens (tertiary/aromatic N) is 2. The van der Waals surface area contributed by atoms with E-state index in [4.69, 9.17) is 46.4 Å². The molecular weight excluding hydrogens is 410 g/mol. The van der Waals surface area contributed by atoms with Crippen LogP contribution >= 0.6 is 57.7 Å². The van der Waals surface area contributed by atoms with Crippen molar-refractivity contribution in [1.82, 2.24) is 9.78 Å². The molecule has 0 saturated carbocycles. The first-order valence-electron chi connectivity index (χ1n) is 7.01. The van der Waals surface area contributed by atoms with E-state index in [2.05, 4.69) is 5.10 Å². The molecule has 0 aliphatic heterocycles. The second kappa shape index (κ2) is 6.04. The molecule has 0 amide bonds. The van der Waals surface area contributed by atoms with Crippen molar-refractivity contribution in [2.75, 3.05) is 0 Å². The average molecular weight is 418 g/mol. The molecule has 1 aliphatic carbocycles. The standard InChI is InChI=1S/C16H8Cl4N2OS/c17-7-1-3-11(10(18)5-7)22-15-8(14(21-22)16(20)23)2-4-12-9(15)6-13(19)24-12/h1,3,5-6H,2,4H2. The van der Waals surface area contributed by atoms with E-state index >= 15 is 0 Å². The fourth-order valence-corrected chi connectivity index (χ4v) is 4.88. The van der Waals surface area contributed by atoms with Gasteiger partial charge in [-0.15, -0.1) is 11.3 Å². The Morgan fingerprint density at radius 1 is 1.17 bits per heavy atom. The number of hydrogen-bond acceptors (Lipinski definition) is 3. The van der Waals surface area contributed by atoms with Crippen LogP contribution in [0, 0.1) is 0 Å². The molecule has 8 heteroatoms. The molecule has 122 valence electrons. The summed E-state index contributed by atoms with van der Waals surface area (Å²) in [5.41, 5.74) is 3.49. The summed E-state index contributed by atoms with van der Waals surface area (Å²) >= 11 is 25.8. The first-order chi connectivity index (χ1) is 11.5. The first kappa shape index (κ1) is 16.4. The monoisotopic (exact) mass is 416 g/mol. The zero-order valence-electron chi connectivity index (χ0n) is 11.9. The second-order valence-electron chi connectivity index (χ2n) is 5.34. The summed E-state index contributed by atoms with van der Waals surface area (Å²) in [4.78, 5) is 13.0.